The first kappa shape index (κ1) is 19.8. The van der Waals surface area contributed by atoms with E-state index in [9.17, 15) is 13.0 Å². The third kappa shape index (κ3) is 3.84. The third-order valence-corrected chi connectivity index (χ3v) is 6.50. The average molecular weight is 413 g/mol. The number of aliphatic imine (C=N–C) groups is 1. The molecule has 0 bridgehead atoms. The van der Waals surface area contributed by atoms with Crippen LogP contribution in [-0.2, 0) is 22.1 Å². The van der Waals surface area contributed by atoms with Gasteiger partial charge in [-0.1, -0.05) is 18.2 Å². The van der Waals surface area contributed by atoms with Crippen LogP contribution in [-0.4, -0.2) is 24.4 Å². The average Bonchev–Trinajstić information content (AvgIpc) is 3.17. The van der Waals surface area contributed by atoms with Crippen LogP contribution in [0.15, 0.2) is 52.0 Å². The number of aromatic nitrogens is 1. The summed E-state index contributed by atoms with van der Waals surface area (Å²) in [5.74, 6) is 1.33. The number of hydrogen-bond donors (Lipinski definition) is 0. The van der Waals surface area contributed by atoms with Crippen LogP contribution in [0, 0.1) is 0 Å². The predicted octanol–water partition coefficient (Wildman–Crippen LogP) is 4.10. The van der Waals surface area contributed by atoms with Crippen LogP contribution in [0.1, 0.15) is 39.2 Å². The standard InChI is InChI=1S/C22H24N2O4S/c1-15-22(2,3)18-12-17(20-13-16-8-4-5-9-19(16)28-20)14-24(21(18)23-15)10-6-7-11-29(25,26)27/h4-5,8-9,12-14H,6-7,10-11H2,1-3H3. The lowest BCUT2D eigenvalue weighted by Crippen LogP contribution is -2.35. The molecule has 7 heteroatoms. The van der Waals surface area contributed by atoms with Gasteiger partial charge in [-0.25, -0.2) is 13.0 Å². The van der Waals surface area contributed by atoms with E-state index in [1.807, 2.05) is 48.0 Å². The lowest BCUT2D eigenvalue weighted by molar-refractivity contribution is -0.684. The van der Waals surface area contributed by atoms with E-state index in [-0.39, 0.29) is 11.2 Å². The van der Waals surface area contributed by atoms with E-state index < -0.39 is 10.1 Å². The van der Waals surface area contributed by atoms with Crippen LogP contribution < -0.4 is 4.57 Å². The van der Waals surface area contributed by atoms with Gasteiger partial charge in [0.2, 0.25) is 0 Å². The molecule has 6 nitrogen and oxygen atoms in total. The van der Waals surface area contributed by atoms with E-state index in [2.05, 4.69) is 19.9 Å². The van der Waals surface area contributed by atoms with Crippen molar-refractivity contribution in [2.24, 2.45) is 4.99 Å². The molecule has 0 fully saturated rings. The second-order valence-electron chi connectivity index (χ2n) is 8.10. The van der Waals surface area contributed by atoms with E-state index in [1.165, 1.54) is 0 Å². The molecular weight excluding hydrogens is 388 g/mol. The zero-order valence-electron chi connectivity index (χ0n) is 16.8. The number of rotatable bonds is 6. The Morgan fingerprint density at radius 1 is 1.17 bits per heavy atom. The van der Waals surface area contributed by atoms with Gasteiger partial charge in [0.05, 0.1) is 33.2 Å². The maximum atomic E-state index is 10.9. The molecule has 0 atom stereocenters. The Balaban J connectivity index is 1.73. The zero-order valence-corrected chi connectivity index (χ0v) is 17.6. The number of unbranched alkanes of at least 4 members (excludes halogenated alkanes) is 1. The molecule has 0 saturated carbocycles. The number of nitrogens with zero attached hydrogens (tertiary/aromatic N) is 2. The van der Waals surface area contributed by atoms with Crippen molar-refractivity contribution in [1.82, 2.24) is 0 Å². The Kier molecular flexibility index (Phi) is 4.83. The first-order valence-corrected chi connectivity index (χ1v) is 11.3. The third-order valence-electron chi connectivity index (χ3n) is 5.71. The van der Waals surface area contributed by atoms with Gasteiger partial charge in [-0.15, -0.1) is 0 Å². The molecule has 0 spiro atoms. The molecule has 0 unspecified atom stereocenters. The molecule has 0 amide bonds. The first-order chi connectivity index (χ1) is 13.6. The van der Waals surface area contributed by atoms with Gasteiger partial charge >= 0.3 is 5.82 Å². The van der Waals surface area contributed by atoms with Gasteiger partial charge in [-0.2, -0.15) is 0 Å². The highest BCUT2D eigenvalue weighted by atomic mass is 32.2. The summed E-state index contributed by atoms with van der Waals surface area (Å²) in [5, 5.41) is 1.04. The Morgan fingerprint density at radius 2 is 1.93 bits per heavy atom. The SMILES string of the molecule is CC1=Nc2c(cc(-c3cc4ccccc4o3)c[n+]2CCCCS(=O)(=O)[O-])C1(C)C. The molecule has 0 saturated heterocycles. The molecular formula is C22H24N2O4S. The van der Waals surface area contributed by atoms with Crippen molar-refractivity contribution in [1.29, 1.82) is 0 Å². The molecule has 0 radical (unpaired) electrons. The Labute approximate surface area is 170 Å². The molecule has 152 valence electrons. The summed E-state index contributed by atoms with van der Waals surface area (Å²) in [6.45, 7) is 6.90. The second kappa shape index (κ2) is 7.07. The zero-order chi connectivity index (χ0) is 20.8. The number of aryl methyl sites for hydroxylation is 1. The van der Waals surface area contributed by atoms with Crippen molar-refractivity contribution < 1.29 is 22.0 Å². The smallest absolute Gasteiger partial charge is 0.327 e. The number of furan rings is 1. The fourth-order valence-corrected chi connectivity index (χ4v) is 4.27. The van der Waals surface area contributed by atoms with Crippen LogP contribution in [0.2, 0.25) is 0 Å². The van der Waals surface area contributed by atoms with Gasteiger partial charge in [0.25, 0.3) is 0 Å². The number of pyridine rings is 1. The van der Waals surface area contributed by atoms with Gasteiger partial charge in [0.15, 0.2) is 0 Å². The van der Waals surface area contributed by atoms with Crippen molar-refractivity contribution >= 4 is 32.6 Å². The molecule has 3 heterocycles. The van der Waals surface area contributed by atoms with Gasteiger partial charge < -0.3 is 8.97 Å². The van der Waals surface area contributed by atoms with E-state index >= 15 is 0 Å². The first-order valence-electron chi connectivity index (χ1n) is 9.71. The van der Waals surface area contributed by atoms with Crippen LogP contribution in [0.5, 0.6) is 0 Å². The van der Waals surface area contributed by atoms with Gasteiger partial charge in [-0.3, -0.25) is 0 Å². The topological polar surface area (TPSA) is 86.6 Å². The van der Waals surface area contributed by atoms with Crippen molar-refractivity contribution in [3.63, 3.8) is 0 Å². The van der Waals surface area contributed by atoms with Crippen LogP contribution >= 0.6 is 0 Å². The maximum Gasteiger partial charge on any atom is 0.327 e. The van der Waals surface area contributed by atoms with E-state index in [0.717, 1.165) is 39.4 Å². The number of hydrogen-bond acceptors (Lipinski definition) is 5. The fraction of sp³-hybridized carbons (Fsp3) is 0.364. The normalized spacial score (nSPS) is 15.5. The molecule has 1 aliphatic rings. The summed E-state index contributed by atoms with van der Waals surface area (Å²) in [6.07, 6.45) is 2.91. The predicted molar refractivity (Wildman–Crippen MR) is 111 cm³/mol. The Hall–Kier alpha value is -2.51. The van der Waals surface area contributed by atoms with Crippen molar-refractivity contribution in [3.8, 4) is 11.3 Å². The van der Waals surface area contributed by atoms with Crippen LogP contribution in [0.4, 0.5) is 5.82 Å². The van der Waals surface area contributed by atoms with E-state index in [0.29, 0.717) is 19.4 Å². The van der Waals surface area contributed by atoms with Crippen molar-refractivity contribution in [2.45, 2.75) is 45.6 Å². The highest BCUT2D eigenvalue weighted by Gasteiger charge is 2.41. The Bertz CT molecular complexity index is 1190. The minimum atomic E-state index is -4.19. The molecule has 29 heavy (non-hydrogen) atoms. The number of para-hydroxylation sites is 1. The molecule has 4 rings (SSSR count). The number of benzene rings is 1. The molecule has 3 aromatic rings. The quantitative estimate of drug-likeness (QED) is 0.346. The maximum absolute atomic E-state index is 10.9. The Morgan fingerprint density at radius 3 is 2.66 bits per heavy atom. The highest BCUT2D eigenvalue weighted by molar-refractivity contribution is 7.85. The van der Waals surface area contributed by atoms with E-state index in [4.69, 9.17) is 9.41 Å². The van der Waals surface area contributed by atoms with Crippen molar-refractivity contribution in [2.75, 3.05) is 5.75 Å². The fourth-order valence-electron chi connectivity index (χ4n) is 3.71. The van der Waals surface area contributed by atoms with Crippen molar-refractivity contribution in [3.05, 3.63) is 48.2 Å². The minimum Gasteiger partial charge on any atom is -0.748 e. The molecule has 0 N–H and O–H groups in total. The molecule has 1 aliphatic heterocycles. The summed E-state index contributed by atoms with van der Waals surface area (Å²) in [6, 6.07) is 12.1. The van der Waals surface area contributed by atoms with Gasteiger partial charge in [0, 0.05) is 11.1 Å². The summed E-state index contributed by atoms with van der Waals surface area (Å²) >= 11 is 0. The summed E-state index contributed by atoms with van der Waals surface area (Å²) in [4.78, 5) is 4.78. The second-order valence-corrected chi connectivity index (χ2v) is 9.62. The monoisotopic (exact) mass is 412 g/mol. The summed E-state index contributed by atoms with van der Waals surface area (Å²) in [5.41, 5.74) is 3.74. The highest BCUT2D eigenvalue weighted by Crippen LogP contribution is 2.40. The molecule has 2 aromatic heterocycles. The van der Waals surface area contributed by atoms with Gasteiger partial charge in [0.1, 0.15) is 23.3 Å². The van der Waals surface area contributed by atoms with Crippen LogP contribution in [0.25, 0.3) is 22.3 Å². The lowest BCUT2D eigenvalue weighted by atomic mass is 9.82. The molecule has 1 aromatic carbocycles. The summed E-state index contributed by atoms with van der Waals surface area (Å²) < 4.78 is 40.8. The van der Waals surface area contributed by atoms with Crippen LogP contribution in [0.3, 0.4) is 0 Å². The molecule has 0 aliphatic carbocycles. The van der Waals surface area contributed by atoms with E-state index in [1.54, 1.807) is 0 Å². The summed E-state index contributed by atoms with van der Waals surface area (Å²) in [7, 11) is -4.19. The van der Waals surface area contributed by atoms with Gasteiger partial charge in [-0.05, 0) is 56.8 Å². The minimum absolute atomic E-state index is 0.197. The lowest BCUT2D eigenvalue weighted by Gasteiger charge is -2.17. The number of fused-ring (bicyclic) bond motifs is 2. The largest absolute Gasteiger partial charge is 0.748 e.